The number of unbranched alkanes of at least 4 members (excludes halogenated alkanes) is 3. The third-order valence-electron chi connectivity index (χ3n) is 4.60. The predicted octanol–water partition coefficient (Wildman–Crippen LogP) is 2.84. The van der Waals surface area contributed by atoms with Crippen LogP contribution in [0.2, 0.25) is 0 Å². The molecule has 0 aliphatic carbocycles. The monoisotopic (exact) mass is 416 g/mol. The fraction of sp³-hybridized carbons (Fsp3) is 0.364. The van der Waals surface area contributed by atoms with Crippen LogP contribution in [-0.2, 0) is 0 Å². The number of rotatable bonds is 11. The third kappa shape index (κ3) is 6.04. The van der Waals surface area contributed by atoms with Crippen molar-refractivity contribution in [1.29, 1.82) is 0 Å². The first-order chi connectivity index (χ1) is 14.5. The number of phenolic OH excluding ortho intramolecular Hbond substituents is 2. The Morgan fingerprint density at radius 2 is 1.13 bits per heavy atom. The molecule has 0 heterocycles. The van der Waals surface area contributed by atoms with Gasteiger partial charge in [0.05, 0.1) is 25.3 Å². The van der Waals surface area contributed by atoms with Crippen LogP contribution in [-0.4, -0.2) is 49.3 Å². The molecular weight excluding hydrogens is 388 g/mol. The van der Waals surface area contributed by atoms with Gasteiger partial charge in [-0.1, -0.05) is 25.0 Å². The number of amides is 2. The number of nitrogens with one attached hydrogen (secondary N) is 2. The third-order valence-corrected chi connectivity index (χ3v) is 4.60. The number of phenols is 2. The van der Waals surface area contributed by atoms with E-state index in [-0.39, 0.29) is 45.9 Å². The number of methoxy groups -OCH3 is 2. The van der Waals surface area contributed by atoms with Gasteiger partial charge in [0.15, 0.2) is 23.0 Å². The first-order valence-corrected chi connectivity index (χ1v) is 9.78. The van der Waals surface area contributed by atoms with Crippen molar-refractivity contribution in [3.05, 3.63) is 47.5 Å². The lowest BCUT2D eigenvalue weighted by atomic mass is 10.1. The Hall–Kier alpha value is -3.42. The summed E-state index contributed by atoms with van der Waals surface area (Å²) in [5, 5.41) is 25.5. The van der Waals surface area contributed by atoms with E-state index in [1.807, 2.05) is 0 Å². The molecule has 0 fully saturated rings. The zero-order valence-corrected chi connectivity index (χ0v) is 17.2. The fourth-order valence-electron chi connectivity index (χ4n) is 2.94. The van der Waals surface area contributed by atoms with E-state index in [2.05, 4.69) is 10.6 Å². The largest absolute Gasteiger partial charge is 0.504 e. The molecule has 0 atom stereocenters. The van der Waals surface area contributed by atoms with Gasteiger partial charge in [-0.25, -0.2) is 0 Å². The van der Waals surface area contributed by atoms with Gasteiger partial charge >= 0.3 is 0 Å². The summed E-state index contributed by atoms with van der Waals surface area (Å²) >= 11 is 0. The molecule has 8 nitrogen and oxygen atoms in total. The summed E-state index contributed by atoms with van der Waals surface area (Å²) in [5.41, 5.74) is 0.357. The summed E-state index contributed by atoms with van der Waals surface area (Å²) in [6, 6.07) is 9.53. The molecule has 0 bridgehead atoms. The van der Waals surface area contributed by atoms with E-state index < -0.39 is 0 Å². The minimum Gasteiger partial charge on any atom is -0.504 e. The predicted molar refractivity (Wildman–Crippen MR) is 112 cm³/mol. The highest BCUT2D eigenvalue weighted by atomic mass is 16.5. The Morgan fingerprint density at radius 1 is 0.733 bits per heavy atom. The van der Waals surface area contributed by atoms with Crippen molar-refractivity contribution in [1.82, 2.24) is 10.6 Å². The number of para-hydroxylation sites is 2. The fourth-order valence-corrected chi connectivity index (χ4v) is 2.94. The second-order valence-corrected chi connectivity index (χ2v) is 6.64. The van der Waals surface area contributed by atoms with Crippen molar-refractivity contribution >= 4 is 11.8 Å². The maximum atomic E-state index is 12.1. The van der Waals surface area contributed by atoms with Gasteiger partial charge < -0.3 is 30.3 Å². The minimum atomic E-state index is -0.350. The summed E-state index contributed by atoms with van der Waals surface area (Å²) in [7, 11) is 2.86. The number of carbonyl (C=O) groups excluding carboxylic acids is 2. The van der Waals surface area contributed by atoms with Crippen molar-refractivity contribution in [2.45, 2.75) is 25.7 Å². The molecule has 8 heteroatoms. The normalized spacial score (nSPS) is 10.3. The molecule has 162 valence electrons. The maximum absolute atomic E-state index is 12.1. The average Bonchev–Trinajstić information content (AvgIpc) is 2.75. The van der Waals surface area contributed by atoms with E-state index in [1.54, 1.807) is 24.3 Å². The highest BCUT2D eigenvalue weighted by Crippen LogP contribution is 2.30. The summed E-state index contributed by atoms with van der Waals surface area (Å²) < 4.78 is 10.00. The van der Waals surface area contributed by atoms with Crippen LogP contribution in [0.3, 0.4) is 0 Å². The van der Waals surface area contributed by atoms with Crippen LogP contribution >= 0.6 is 0 Å². The van der Waals surface area contributed by atoms with Crippen LogP contribution in [0.15, 0.2) is 36.4 Å². The number of hydrogen-bond donors (Lipinski definition) is 4. The molecule has 0 aliphatic rings. The van der Waals surface area contributed by atoms with Gasteiger partial charge in [-0.2, -0.15) is 0 Å². The summed E-state index contributed by atoms with van der Waals surface area (Å²) in [6.07, 6.45) is 3.32. The lowest BCUT2D eigenvalue weighted by Gasteiger charge is -2.10. The standard InChI is InChI=1S/C22H28N2O6/c1-29-17-11-7-9-15(19(17)25)21(27)23-13-5-3-4-6-14-24-22(28)16-10-8-12-18(30-2)20(16)26/h7-12,25-26H,3-6,13-14H2,1-2H3,(H,23,27)(H,24,28). The van der Waals surface area contributed by atoms with Gasteiger partial charge in [-0.05, 0) is 37.1 Å². The Kier molecular flexibility index (Phi) is 8.80. The molecule has 0 spiro atoms. The average molecular weight is 416 g/mol. The second kappa shape index (κ2) is 11.5. The Bertz CT molecular complexity index is 797. The van der Waals surface area contributed by atoms with Crippen LogP contribution in [0.5, 0.6) is 23.0 Å². The molecule has 0 aliphatic heterocycles. The van der Waals surface area contributed by atoms with Gasteiger partial charge in [0.1, 0.15) is 0 Å². The minimum absolute atomic E-state index is 0.171. The van der Waals surface area contributed by atoms with E-state index in [4.69, 9.17) is 9.47 Å². The lowest BCUT2D eigenvalue weighted by Crippen LogP contribution is -2.25. The molecule has 0 aromatic heterocycles. The SMILES string of the molecule is COc1cccc(C(=O)NCCCCCCNC(=O)c2cccc(OC)c2O)c1O. The lowest BCUT2D eigenvalue weighted by molar-refractivity contribution is 0.0939. The van der Waals surface area contributed by atoms with Crippen LogP contribution in [0, 0.1) is 0 Å². The molecule has 2 rings (SSSR count). The van der Waals surface area contributed by atoms with Crippen LogP contribution in [0.1, 0.15) is 46.4 Å². The smallest absolute Gasteiger partial charge is 0.255 e. The van der Waals surface area contributed by atoms with Crippen molar-refractivity contribution in [2.24, 2.45) is 0 Å². The van der Waals surface area contributed by atoms with Crippen LogP contribution in [0.25, 0.3) is 0 Å². The second-order valence-electron chi connectivity index (χ2n) is 6.64. The van der Waals surface area contributed by atoms with Crippen LogP contribution in [0.4, 0.5) is 0 Å². The number of aromatic hydroxyl groups is 2. The van der Waals surface area contributed by atoms with E-state index in [0.29, 0.717) is 13.1 Å². The quantitative estimate of drug-likeness (QED) is 0.419. The zero-order chi connectivity index (χ0) is 21.9. The molecule has 0 saturated carbocycles. The number of carbonyl (C=O) groups is 2. The molecule has 2 aromatic rings. The summed E-state index contributed by atoms with van der Waals surface area (Å²) in [4.78, 5) is 24.3. The van der Waals surface area contributed by atoms with Crippen molar-refractivity contribution < 1.29 is 29.3 Å². The highest BCUT2D eigenvalue weighted by Gasteiger charge is 2.15. The highest BCUT2D eigenvalue weighted by molar-refractivity contribution is 5.98. The molecule has 0 radical (unpaired) electrons. The van der Waals surface area contributed by atoms with E-state index in [0.717, 1.165) is 25.7 Å². The van der Waals surface area contributed by atoms with Gasteiger partial charge in [-0.15, -0.1) is 0 Å². The Morgan fingerprint density at radius 3 is 1.50 bits per heavy atom. The van der Waals surface area contributed by atoms with Gasteiger partial charge in [0, 0.05) is 13.1 Å². The topological polar surface area (TPSA) is 117 Å². The number of benzene rings is 2. The van der Waals surface area contributed by atoms with Crippen molar-refractivity contribution in [3.8, 4) is 23.0 Å². The number of hydrogen-bond acceptors (Lipinski definition) is 6. The van der Waals surface area contributed by atoms with Gasteiger partial charge in [0.25, 0.3) is 11.8 Å². The molecule has 30 heavy (non-hydrogen) atoms. The Balaban J connectivity index is 1.63. The molecular formula is C22H28N2O6. The molecule has 0 saturated heterocycles. The van der Waals surface area contributed by atoms with Crippen LogP contribution < -0.4 is 20.1 Å². The van der Waals surface area contributed by atoms with Gasteiger partial charge in [-0.3, -0.25) is 9.59 Å². The molecule has 2 amide bonds. The Labute approximate surface area is 175 Å². The first-order valence-electron chi connectivity index (χ1n) is 9.78. The molecule has 4 N–H and O–H groups in total. The molecule has 2 aromatic carbocycles. The summed E-state index contributed by atoms with van der Waals surface area (Å²) in [6.45, 7) is 0.971. The van der Waals surface area contributed by atoms with E-state index in [9.17, 15) is 19.8 Å². The van der Waals surface area contributed by atoms with Gasteiger partial charge in [0.2, 0.25) is 0 Å². The van der Waals surface area contributed by atoms with E-state index >= 15 is 0 Å². The maximum Gasteiger partial charge on any atom is 0.255 e. The van der Waals surface area contributed by atoms with E-state index in [1.165, 1.54) is 26.4 Å². The molecule has 0 unspecified atom stereocenters. The van der Waals surface area contributed by atoms with Crippen molar-refractivity contribution in [2.75, 3.05) is 27.3 Å². The number of ether oxygens (including phenoxy) is 2. The first kappa shape index (κ1) is 22.9. The van der Waals surface area contributed by atoms with Crippen molar-refractivity contribution in [3.63, 3.8) is 0 Å². The summed E-state index contributed by atoms with van der Waals surface area (Å²) in [5.74, 6) is -0.530. The zero-order valence-electron chi connectivity index (χ0n) is 17.2.